The van der Waals surface area contributed by atoms with Crippen molar-refractivity contribution in [2.45, 2.75) is 57.6 Å². The van der Waals surface area contributed by atoms with E-state index in [4.69, 9.17) is 5.11 Å². The smallest absolute Gasteiger partial charge is 0.335 e. The van der Waals surface area contributed by atoms with Gasteiger partial charge in [0.2, 0.25) is 5.91 Å². The summed E-state index contributed by atoms with van der Waals surface area (Å²) in [4.78, 5) is 36.1. The topological polar surface area (TPSA) is 94.9 Å². The lowest BCUT2D eigenvalue weighted by atomic mass is 9.94. The van der Waals surface area contributed by atoms with Gasteiger partial charge >= 0.3 is 5.97 Å². The number of likely N-dealkylation sites (tertiary alicyclic amines) is 1. The Morgan fingerprint density at radius 2 is 2.00 bits per heavy atom. The molecule has 1 unspecified atom stereocenters. The first-order chi connectivity index (χ1) is 8.65. The van der Waals surface area contributed by atoms with E-state index in [1.807, 2.05) is 0 Å². The number of aliphatic carboxylic acids is 1. The van der Waals surface area contributed by atoms with E-state index in [1.54, 1.807) is 20.8 Å². The molecule has 6 heteroatoms. The largest absolute Gasteiger partial charge is 0.479 e. The van der Waals surface area contributed by atoms with Crippen molar-refractivity contribution in [2.24, 2.45) is 0 Å². The minimum Gasteiger partial charge on any atom is -0.479 e. The number of amides is 1. The molecule has 1 heterocycles. The molecule has 1 aliphatic heterocycles. The highest BCUT2D eigenvalue weighted by Gasteiger charge is 2.43. The van der Waals surface area contributed by atoms with Gasteiger partial charge in [-0.1, -0.05) is 6.92 Å². The van der Waals surface area contributed by atoms with Crippen LogP contribution in [-0.4, -0.2) is 50.5 Å². The van der Waals surface area contributed by atoms with E-state index in [2.05, 4.69) is 0 Å². The summed E-state index contributed by atoms with van der Waals surface area (Å²) in [7, 11) is 0. The Hall–Kier alpha value is -1.43. The fraction of sp³-hybridized carbons (Fsp3) is 0.769. The van der Waals surface area contributed by atoms with Gasteiger partial charge in [0.05, 0.1) is 5.54 Å². The van der Waals surface area contributed by atoms with Gasteiger partial charge in [0.1, 0.15) is 0 Å². The molecular formula is C13H21NO5. The van der Waals surface area contributed by atoms with Gasteiger partial charge < -0.3 is 15.1 Å². The minimum atomic E-state index is -1.87. The molecule has 108 valence electrons. The molecule has 6 nitrogen and oxygen atoms in total. The molecule has 0 aromatic rings. The van der Waals surface area contributed by atoms with Gasteiger partial charge in [-0.2, -0.15) is 0 Å². The van der Waals surface area contributed by atoms with Crippen LogP contribution in [0.4, 0.5) is 0 Å². The van der Waals surface area contributed by atoms with Gasteiger partial charge in [-0.05, 0) is 26.7 Å². The maximum absolute atomic E-state index is 12.1. The molecule has 0 saturated carbocycles. The first kappa shape index (κ1) is 15.6. The van der Waals surface area contributed by atoms with E-state index in [1.165, 1.54) is 4.90 Å². The molecule has 1 rings (SSSR count). The first-order valence-corrected chi connectivity index (χ1v) is 6.44. The van der Waals surface area contributed by atoms with Gasteiger partial charge in [0, 0.05) is 19.4 Å². The van der Waals surface area contributed by atoms with Crippen LogP contribution in [0.1, 0.15) is 46.5 Å². The number of aliphatic hydroxyl groups is 1. The standard InChI is InChI=1S/C13H21NO5/c1-4-13(19,11(17)18)7-5-10(16)14-8-6-9(15)12(14,2)3/h19H,4-8H2,1-3H3,(H,17,18). The molecule has 0 radical (unpaired) electrons. The summed E-state index contributed by atoms with van der Waals surface area (Å²) >= 11 is 0. The number of hydrogen-bond acceptors (Lipinski definition) is 4. The number of ketones is 1. The Balaban J connectivity index is 2.67. The summed E-state index contributed by atoms with van der Waals surface area (Å²) in [5, 5.41) is 18.8. The summed E-state index contributed by atoms with van der Waals surface area (Å²) in [5.74, 6) is -1.60. The van der Waals surface area contributed by atoms with E-state index in [-0.39, 0.29) is 31.0 Å². The van der Waals surface area contributed by atoms with Gasteiger partial charge in [-0.15, -0.1) is 0 Å². The number of Topliss-reactive ketones (excluding diaryl/α,β-unsaturated/α-hetero) is 1. The lowest BCUT2D eigenvalue weighted by molar-refractivity contribution is -0.160. The van der Waals surface area contributed by atoms with Crippen LogP contribution in [0.5, 0.6) is 0 Å². The van der Waals surface area contributed by atoms with Crippen LogP contribution < -0.4 is 0 Å². The second kappa shape index (κ2) is 5.28. The van der Waals surface area contributed by atoms with Crippen LogP contribution in [0.3, 0.4) is 0 Å². The Labute approximate surface area is 112 Å². The molecular weight excluding hydrogens is 250 g/mol. The fourth-order valence-corrected chi connectivity index (χ4v) is 2.27. The average molecular weight is 271 g/mol. The predicted molar refractivity (Wildman–Crippen MR) is 67.5 cm³/mol. The van der Waals surface area contributed by atoms with Crippen LogP contribution >= 0.6 is 0 Å². The van der Waals surface area contributed by atoms with E-state index >= 15 is 0 Å². The van der Waals surface area contributed by atoms with E-state index < -0.39 is 17.1 Å². The molecule has 0 spiro atoms. The lowest BCUT2D eigenvalue weighted by Crippen LogP contribution is -2.47. The molecule has 1 amide bonds. The maximum atomic E-state index is 12.1. The highest BCUT2D eigenvalue weighted by atomic mass is 16.4. The third-order valence-corrected chi connectivity index (χ3v) is 3.96. The number of rotatable bonds is 5. The number of hydrogen-bond donors (Lipinski definition) is 2. The molecule has 1 atom stereocenters. The van der Waals surface area contributed by atoms with Crippen molar-refractivity contribution >= 4 is 17.7 Å². The van der Waals surface area contributed by atoms with E-state index in [9.17, 15) is 19.5 Å². The van der Waals surface area contributed by atoms with Crippen LogP contribution in [0, 0.1) is 0 Å². The van der Waals surface area contributed by atoms with Crippen molar-refractivity contribution in [2.75, 3.05) is 6.54 Å². The second-order valence-electron chi connectivity index (χ2n) is 5.47. The molecule has 0 bridgehead atoms. The molecule has 1 aliphatic rings. The Morgan fingerprint density at radius 3 is 2.37 bits per heavy atom. The van der Waals surface area contributed by atoms with Crippen molar-refractivity contribution in [1.82, 2.24) is 4.90 Å². The number of carboxylic acid groups (broad SMARTS) is 1. The van der Waals surface area contributed by atoms with Gasteiger partial charge in [0.15, 0.2) is 11.4 Å². The highest BCUT2D eigenvalue weighted by molar-refractivity contribution is 5.95. The molecule has 1 fully saturated rings. The number of nitrogens with zero attached hydrogens (tertiary/aromatic N) is 1. The predicted octanol–water partition coefficient (Wildman–Crippen LogP) is 0.572. The van der Waals surface area contributed by atoms with Gasteiger partial charge in [-0.3, -0.25) is 9.59 Å². The quantitative estimate of drug-likeness (QED) is 0.762. The number of carboxylic acids is 1. The lowest BCUT2D eigenvalue weighted by Gasteiger charge is -2.31. The monoisotopic (exact) mass is 271 g/mol. The third kappa shape index (κ3) is 2.94. The van der Waals surface area contributed by atoms with Crippen molar-refractivity contribution < 1.29 is 24.6 Å². The number of carbonyl (C=O) groups is 3. The van der Waals surface area contributed by atoms with Gasteiger partial charge in [-0.25, -0.2) is 4.79 Å². The van der Waals surface area contributed by atoms with Crippen LogP contribution in [0.2, 0.25) is 0 Å². The number of carbonyl (C=O) groups excluding carboxylic acids is 2. The molecule has 0 aliphatic carbocycles. The van der Waals surface area contributed by atoms with Crippen molar-refractivity contribution in [3.8, 4) is 0 Å². The first-order valence-electron chi connectivity index (χ1n) is 6.44. The van der Waals surface area contributed by atoms with E-state index in [0.717, 1.165) is 0 Å². The van der Waals surface area contributed by atoms with E-state index in [0.29, 0.717) is 13.0 Å². The SMILES string of the molecule is CCC(O)(CCC(=O)N1CCC(=O)C1(C)C)C(=O)O. The Kier molecular flexibility index (Phi) is 4.35. The van der Waals surface area contributed by atoms with Crippen molar-refractivity contribution in [3.63, 3.8) is 0 Å². The zero-order valence-corrected chi connectivity index (χ0v) is 11.6. The second-order valence-corrected chi connectivity index (χ2v) is 5.47. The maximum Gasteiger partial charge on any atom is 0.335 e. The average Bonchev–Trinajstić information content (AvgIpc) is 2.60. The van der Waals surface area contributed by atoms with Crippen LogP contribution in [0.25, 0.3) is 0 Å². The van der Waals surface area contributed by atoms with Crippen LogP contribution in [0.15, 0.2) is 0 Å². The molecule has 0 aromatic carbocycles. The van der Waals surface area contributed by atoms with Crippen molar-refractivity contribution in [1.29, 1.82) is 0 Å². The zero-order valence-electron chi connectivity index (χ0n) is 11.6. The molecule has 2 N–H and O–H groups in total. The highest BCUT2D eigenvalue weighted by Crippen LogP contribution is 2.27. The molecule has 19 heavy (non-hydrogen) atoms. The zero-order chi connectivity index (χ0) is 14.8. The Morgan fingerprint density at radius 1 is 1.42 bits per heavy atom. The summed E-state index contributed by atoms with van der Waals surface area (Å²) < 4.78 is 0. The third-order valence-electron chi connectivity index (χ3n) is 3.96. The summed E-state index contributed by atoms with van der Waals surface area (Å²) in [6, 6.07) is 0. The van der Waals surface area contributed by atoms with Crippen molar-refractivity contribution in [3.05, 3.63) is 0 Å². The normalized spacial score (nSPS) is 21.3. The molecule has 0 aromatic heterocycles. The summed E-state index contributed by atoms with van der Waals surface area (Å²) in [6.45, 7) is 5.29. The summed E-state index contributed by atoms with van der Waals surface area (Å²) in [5.41, 5.74) is -2.70. The summed E-state index contributed by atoms with van der Waals surface area (Å²) in [6.07, 6.45) is 0.152. The van der Waals surface area contributed by atoms with Gasteiger partial charge in [0.25, 0.3) is 0 Å². The minimum absolute atomic E-state index is 0.00448. The fourth-order valence-electron chi connectivity index (χ4n) is 2.27. The Bertz CT molecular complexity index is 404. The van der Waals surface area contributed by atoms with Crippen LogP contribution in [-0.2, 0) is 14.4 Å². The molecule has 1 saturated heterocycles.